The van der Waals surface area contributed by atoms with E-state index < -0.39 is 0 Å². The van der Waals surface area contributed by atoms with Gasteiger partial charge in [-0.05, 0) is 45.9 Å². The second-order valence-electron chi connectivity index (χ2n) is 7.87. The van der Waals surface area contributed by atoms with Gasteiger partial charge in [0.25, 0.3) is 5.91 Å². The van der Waals surface area contributed by atoms with E-state index in [2.05, 4.69) is 10.3 Å². The van der Waals surface area contributed by atoms with Crippen molar-refractivity contribution in [3.05, 3.63) is 44.3 Å². The van der Waals surface area contributed by atoms with Gasteiger partial charge in [0.2, 0.25) is 0 Å². The van der Waals surface area contributed by atoms with Crippen LogP contribution in [0.25, 0.3) is 0 Å². The number of nitrogens with one attached hydrogen (secondary N) is 1. The molecule has 1 aromatic carbocycles. The van der Waals surface area contributed by atoms with Crippen LogP contribution in [0.3, 0.4) is 0 Å². The van der Waals surface area contributed by atoms with Crippen molar-refractivity contribution in [3.8, 4) is 0 Å². The summed E-state index contributed by atoms with van der Waals surface area (Å²) < 4.78 is 5.70. The molecule has 0 radical (unpaired) electrons. The largest absolute Gasteiger partial charge is 0.372 e. The molecule has 10 heteroatoms. The maximum atomic E-state index is 12.9. The highest BCUT2D eigenvalue weighted by atomic mass is 35.5. The number of hydrogen-bond acceptors (Lipinski definition) is 5. The Kier molecular flexibility index (Phi) is 7.80. The van der Waals surface area contributed by atoms with Crippen molar-refractivity contribution in [2.75, 3.05) is 18.4 Å². The molecule has 31 heavy (non-hydrogen) atoms. The molecule has 1 aliphatic heterocycles. The van der Waals surface area contributed by atoms with Crippen molar-refractivity contribution in [2.45, 2.75) is 52.5 Å². The van der Waals surface area contributed by atoms with Gasteiger partial charge in [-0.1, -0.05) is 23.2 Å². The minimum atomic E-state index is -0.285. The van der Waals surface area contributed by atoms with Crippen LogP contribution in [0.1, 0.15) is 43.2 Å². The normalized spacial score (nSPS) is 18.9. The molecule has 2 atom stereocenters. The van der Waals surface area contributed by atoms with Crippen LogP contribution in [0, 0.1) is 0 Å². The molecule has 1 aliphatic rings. The molecule has 7 nitrogen and oxygen atoms in total. The predicted octanol–water partition coefficient (Wildman–Crippen LogP) is 5.14. The first-order valence-corrected chi connectivity index (χ1v) is 11.7. The molecule has 3 rings (SSSR count). The van der Waals surface area contributed by atoms with Gasteiger partial charge in [0.1, 0.15) is 10.7 Å². The molecule has 1 saturated heterocycles. The van der Waals surface area contributed by atoms with Crippen LogP contribution in [0.2, 0.25) is 10.0 Å². The number of carbonyl (C=O) groups excluding carboxylic acids is 2. The molecular weight excluding hydrogens is 459 g/mol. The fraction of sp³-hybridized carbons (Fsp3) is 0.476. The van der Waals surface area contributed by atoms with Gasteiger partial charge in [-0.2, -0.15) is 0 Å². The lowest BCUT2D eigenvalue weighted by atomic mass is 10.2. The van der Waals surface area contributed by atoms with Crippen LogP contribution < -0.4 is 5.32 Å². The Morgan fingerprint density at radius 1 is 1.26 bits per heavy atom. The predicted molar refractivity (Wildman–Crippen MR) is 124 cm³/mol. The minimum absolute atomic E-state index is 0.00712. The average Bonchev–Trinajstić information content (AvgIpc) is 3.16. The van der Waals surface area contributed by atoms with E-state index >= 15 is 0 Å². The van der Waals surface area contributed by atoms with Crippen molar-refractivity contribution in [2.24, 2.45) is 0 Å². The molecule has 3 amide bonds. The maximum absolute atomic E-state index is 12.9. The number of halogens is 2. The zero-order valence-electron chi connectivity index (χ0n) is 17.9. The summed E-state index contributed by atoms with van der Waals surface area (Å²) >= 11 is 13.3. The van der Waals surface area contributed by atoms with Crippen molar-refractivity contribution in [1.29, 1.82) is 0 Å². The number of nitrogens with zero attached hydrogens (tertiary/aromatic N) is 3. The van der Waals surface area contributed by atoms with E-state index in [9.17, 15) is 9.59 Å². The Balaban J connectivity index is 1.68. The number of morpholine rings is 1. The third kappa shape index (κ3) is 6.10. The molecule has 2 heterocycles. The molecule has 1 fully saturated rings. The summed E-state index contributed by atoms with van der Waals surface area (Å²) in [6, 6.07) is 4.56. The lowest BCUT2D eigenvalue weighted by Gasteiger charge is -2.34. The molecule has 0 bridgehead atoms. The van der Waals surface area contributed by atoms with Crippen molar-refractivity contribution >= 4 is 52.2 Å². The summed E-state index contributed by atoms with van der Waals surface area (Å²) in [7, 11) is 0. The van der Waals surface area contributed by atoms with E-state index in [0.29, 0.717) is 46.1 Å². The lowest BCUT2D eigenvalue weighted by Crippen LogP contribution is -2.48. The van der Waals surface area contributed by atoms with E-state index in [-0.39, 0.29) is 30.2 Å². The molecule has 2 unspecified atom stereocenters. The number of rotatable bonds is 5. The summed E-state index contributed by atoms with van der Waals surface area (Å²) in [6.07, 6.45) is -0.0142. The topological polar surface area (TPSA) is 74.8 Å². The number of anilines is 1. The third-order valence-electron chi connectivity index (χ3n) is 4.84. The van der Waals surface area contributed by atoms with Crippen LogP contribution >= 0.6 is 34.5 Å². The fourth-order valence-corrected chi connectivity index (χ4v) is 4.46. The first-order valence-electron chi connectivity index (χ1n) is 10.1. The number of aromatic nitrogens is 1. The number of carbonyl (C=O) groups is 2. The van der Waals surface area contributed by atoms with E-state index in [4.69, 9.17) is 27.9 Å². The molecule has 1 aromatic heterocycles. The number of hydrogen-bond donors (Lipinski definition) is 1. The van der Waals surface area contributed by atoms with Crippen LogP contribution in [-0.4, -0.2) is 58.1 Å². The van der Waals surface area contributed by atoms with Gasteiger partial charge in [-0.15, -0.1) is 11.3 Å². The van der Waals surface area contributed by atoms with Gasteiger partial charge in [-0.3, -0.25) is 4.79 Å². The van der Waals surface area contributed by atoms with Crippen molar-refractivity contribution in [1.82, 2.24) is 14.8 Å². The summed E-state index contributed by atoms with van der Waals surface area (Å²) in [4.78, 5) is 33.6. The Morgan fingerprint density at radius 2 is 1.94 bits per heavy atom. The Hall–Kier alpha value is -1.87. The standard InChI is InChI=1S/C21H26Cl2N4O3S/c1-12(2)27(21(29)24-15-5-6-16(22)17(23)7-15)10-19-25-18(11-31-19)20(28)26-8-13(3)30-14(4)9-26/h5-7,11-14H,8-10H2,1-4H3,(H,24,29). The Labute approximate surface area is 196 Å². The number of ether oxygens (including phenoxy) is 1. The summed E-state index contributed by atoms with van der Waals surface area (Å²) in [5.74, 6) is -0.110. The van der Waals surface area contributed by atoms with Crippen molar-refractivity contribution in [3.63, 3.8) is 0 Å². The first-order chi connectivity index (χ1) is 14.6. The highest BCUT2D eigenvalue weighted by molar-refractivity contribution is 7.09. The zero-order chi connectivity index (χ0) is 22.7. The Morgan fingerprint density at radius 3 is 2.55 bits per heavy atom. The highest BCUT2D eigenvalue weighted by Gasteiger charge is 2.28. The summed E-state index contributed by atoms with van der Waals surface area (Å²) in [6.45, 7) is 9.12. The molecule has 2 aromatic rings. The number of urea groups is 1. The quantitative estimate of drug-likeness (QED) is 0.637. The molecule has 0 aliphatic carbocycles. The SMILES string of the molecule is CC1CN(C(=O)c2csc(CN(C(=O)Nc3ccc(Cl)c(Cl)c3)C(C)C)n2)CC(C)O1. The van der Waals surface area contributed by atoms with Gasteiger partial charge >= 0.3 is 6.03 Å². The second kappa shape index (κ2) is 10.2. The molecular formula is C21H26Cl2N4O3S. The van der Waals surface area contributed by atoms with E-state index in [1.165, 1.54) is 11.3 Å². The fourth-order valence-electron chi connectivity index (χ4n) is 3.39. The van der Waals surface area contributed by atoms with Gasteiger partial charge in [0.15, 0.2) is 0 Å². The molecule has 0 saturated carbocycles. The smallest absolute Gasteiger partial charge is 0.322 e. The van der Waals surface area contributed by atoms with Gasteiger partial charge in [-0.25, -0.2) is 9.78 Å². The molecule has 168 valence electrons. The van der Waals surface area contributed by atoms with Crippen LogP contribution in [0.4, 0.5) is 10.5 Å². The van der Waals surface area contributed by atoms with Crippen LogP contribution in [0.5, 0.6) is 0 Å². The van der Waals surface area contributed by atoms with E-state index in [1.807, 2.05) is 27.7 Å². The minimum Gasteiger partial charge on any atom is -0.372 e. The summed E-state index contributed by atoms with van der Waals surface area (Å²) in [5, 5.41) is 6.06. The zero-order valence-corrected chi connectivity index (χ0v) is 20.2. The summed E-state index contributed by atoms with van der Waals surface area (Å²) in [5.41, 5.74) is 0.950. The third-order valence-corrected chi connectivity index (χ3v) is 6.41. The maximum Gasteiger partial charge on any atom is 0.322 e. The first kappa shape index (κ1) is 23.8. The van der Waals surface area contributed by atoms with Crippen molar-refractivity contribution < 1.29 is 14.3 Å². The molecule has 1 N–H and O–H groups in total. The number of thiazole rings is 1. The average molecular weight is 485 g/mol. The van der Waals surface area contributed by atoms with E-state index in [1.54, 1.807) is 33.4 Å². The number of amides is 3. The van der Waals surface area contributed by atoms with Gasteiger partial charge in [0.05, 0.1) is 28.8 Å². The van der Waals surface area contributed by atoms with Crippen LogP contribution in [-0.2, 0) is 11.3 Å². The number of benzene rings is 1. The van der Waals surface area contributed by atoms with Crippen LogP contribution in [0.15, 0.2) is 23.6 Å². The van der Waals surface area contributed by atoms with E-state index in [0.717, 1.165) is 0 Å². The monoisotopic (exact) mass is 484 g/mol. The molecule has 0 spiro atoms. The van der Waals surface area contributed by atoms with Gasteiger partial charge in [0, 0.05) is 30.2 Å². The van der Waals surface area contributed by atoms with Gasteiger partial charge < -0.3 is 19.9 Å². The lowest BCUT2D eigenvalue weighted by molar-refractivity contribution is -0.0587. The Bertz CT molecular complexity index is 942. The second-order valence-corrected chi connectivity index (χ2v) is 9.63. The highest BCUT2D eigenvalue weighted by Crippen LogP contribution is 2.25.